The van der Waals surface area contributed by atoms with Crippen LogP contribution in [0, 0.1) is 0 Å². The molecule has 0 unspecified atom stereocenters. The molecule has 0 bridgehead atoms. The summed E-state index contributed by atoms with van der Waals surface area (Å²) in [6.07, 6.45) is 0. The Kier molecular flexibility index (Phi) is 5.10. The van der Waals surface area contributed by atoms with Crippen LogP contribution in [0.3, 0.4) is 0 Å². The van der Waals surface area contributed by atoms with E-state index in [9.17, 15) is 5.48 Å². The minimum absolute atomic E-state index is 0.0440. The maximum Gasteiger partial charge on any atom is 0.143 e. The Bertz CT molecular complexity index is 3860. The monoisotopic (exact) mass is 742 g/mol. The molecule has 0 fully saturated rings. The summed E-state index contributed by atoms with van der Waals surface area (Å²) in [7, 11) is 0. The molecule has 10 aromatic rings. The number of furan rings is 1. The van der Waals surface area contributed by atoms with Crippen molar-refractivity contribution < 1.29 is 22.2 Å². The van der Waals surface area contributed by atoms with E-state index < -0.39 is 72.0 Å². The van der Waals surface area contributed by atoms with Gasteiger partial charge < -0.3 is 9.32 Å². The maximum atomic E-state index is 9.59. The van der Waals surface area contributed by atoms with E-state index in [1.165, 1.54) is 22.3 Å². The number of hydrogen-bond acceptors (Lipinski definition) is 2. The fourth-order valence-corrected chi connectivity index (χ4v) is 8.26. The molecule has 0 aliphatic heterocycles. The van der Waals surface area contributed by atoms with Crippen molar-refractivity contribution in [2.75, 3.05) is 4.90 Å². The summed E-state index contributed by atoms with van der Waals surface area (Å²) < 4.78 is 122. The van der Waals surface area contributed by atoms with Crippen molar-refractivity contribution in [2.45, 2.75) is 19.3 Å². The van der Waals surface area contributed by atoms with Crippen LogP contribution in [-0.4, -0.2) is 0 Å². The molecule has 0 saturated carbocycles. The van der Waals surface area contributed by atoms with E-state index in [0.29, 0.717) is 5.56 Å². The largest absolute Gasteiger partial charge is 0.455 e. The molecule has 270 valence electrons. The Morgan fingerprint density at radius 3 is 1.81 bits per heavy atom. The highest BCUT2D eigenvalue weighted by Gasteiger charge is 2.35. The number of anilines is 3. The van der Waals surface area contributed by atoms with Crippen LogP contribution in [0.1, 0.15) is 42.8 Å². The Morgan fingerprint density at radius 1 is 0.439 bits per heavy atom. The topological polar surface area (TPSA) is 16.4 Å². The first kappa shape index (κ1) is 22.4. The summed E-state index contributed by atoms with van der Waals surface area (Å²) in [5.74, 6) is 0. The van der Waals surface area contributed by atoms with E-state index in [-0.39, 0.29) is 61.3 Å². The molecule has 1 aromatic heterocycles. The van der Waals surface area contributed by atoms with Crippen molar-refractivity contribution in [3.05, 3.63) is 211 Å². The molecule has 0 spiro atoms. The quantitative estimate of drug-likeness (QED) is 0.169. The molecule has 0 atom stereocenters. The molecule has 0 radical (unpaired) electrons. The lowest BCUT2D eigenvalue weighted by Gasteiger charge is -2.28. The Balaban J connectivity index is 1.10. The third-order valence-electron chi connectivity index (χ3n) is 11.1. The highest BCUT2D eigenvalue weighted by atomic mass is 16.3. The van der Waals surface area contributed by atoms with Gasteiger partial charge in [-0.1, -0.05) is 159 Å². The van der Waals surface area contributed by atoms with Gasteiger partial charge in [-0.2, -0.15) is 0 Å². The summed E-state index contributed by atoms with van der Waals surface area (Å²) in [6, 6.07) is 32.9. The van der Waals surface area contributed by atoms with Gasteiger partial charge in [0, 0.05) is 38.6 Å². The Morgan fingerprint density at radius 2 is 1.05 bits per heavy atom. The van der Waals surface area contributed by atoms with Gasteiger partial charge in [-0.25, -0.2) is 0 Å². The molecule has 9 aromatic carbocycles. The SMILES string of the molecule is [2H]c1c([2H])c([2H])c(-c2c([2H])c3c(oc4c([2H])c(-c5ccc(N(c6ccc(-c7ccccc7)cc6)c6ccc7c(c6)C(C)(C)c6ccccc6-7)cc5)c([2H])c([2H])c43)c3c([2H])c([2H])c([2H])c([2H])c23)c([2H])c1[2H]. The molecule has 57 heavy (non-hydrogen) atoms. The normalized spacial score (nSPS) is 16.1. The van der Waals surface area contributed by atoms with Crippen LogP contribution in [0.4, 0.5) is 17.1 Å². The summed E-state index contributed by atoms with van der Waals surface area (Å²) in [5, 5.41) is -0.943. The predicted molar refractivity (Wildman–Crippen MR) is 240 cm³/mol. The molecule has 2 nitrogen and oxygen atoms in total. The first-order chi connectivity index (χ1) is 33.4. The third kappa shape index (κ3) is 5.40. The van der Waals surface area contributed by atoms with Gasteiger partial charge in [-0.05, 0) is 116 Å². The smallest absolute Gasteiger partial charge is 0.143 e. The molecule has 2 heteroatoms. The average molecular weight is 743 g/mol. The van der Waals surface area contributed by atoms with Crippen molar-refractivity contribution in [2.24, 2.45) is 0 Å². The van der Waals surface area contributed by atoms with E-state index in [2.05, 4.69) is 97.6 Å². The first-order valence-corrected chi connectivity index (χ1v) is 18.7. The zero-order valence-corrected chi connectivity index (χ0v) is 30.9. The van der Waals surface area contributed by atoms with Gasteiger partial charge in [-0.3, -0.25) is 0 Å². The van der Waals surface area contributed by atoms with E-state index in [1.54, 1.807) is 12.1 Å². The minimum atomic E-state index is -0.716. The zero-order chi connectivity index (χ0) is 49.4. The minimum Gasteiger partial charge on any atom is -0.455 e. The van der Waals surface area contributed by atoms with E-state index in [4.69, 9.17) is 16.8 Å². The number of benzene rings is 9. The molecule has 1 aliphatic carbocycles. The third-order valence-corrected chi connectivity index (χ3v) is 11.1. The lowest BCUT2D eigenvalue weighted by Crippen LogP contribution is -2.16. The van der Waals surface area contributed by atoms with Crippen molar-refractivity contribution in [3.8, 4) is 44.5 Å². The summed E-state index contributed by atoms with van der Waals surface area (Å²) >= 11 is 0. The lowest BCUT2D eigenvalue weighted by atomic mass is 9.82. The van der Waals surface area contributed by atoms with Crippen LogP contribution >= 0.6 is 0 Å². The molecule has 0 amide bonds. The second-order valence-corrected chi connectivity index (χ2v) is 14.7. The van der Waals surface area contributed by atoms with Crippen molar-refractivity contribution in [1.82, 2.24) is 0 Å². The van der Waals surface area contributed by atoms with Crippen LogP contribution in [0.5, 0.6) is 0 Å². The molecule has 0 N–H and O–H groups in total. The number of rotatable bonds is 6. The van der Waals surface area contributed by atoms with E-state index in [0.717, 1.165) is 28.2 Å². The number of fused-ring (bicyclic) bond motifs is 8. The second-order valence-electron chi connectivity index (χ2n) is 14.7. The molecule has 0 saturated heterocycles. The van der Waals surface area contributed by atoms with Gasteiger partial charge in [-0.15, -0.1) is 0 Å². The van der Waals surface area contributed by atoms with E-state index >= 15 is 0 Å². The number of nitrogens with zero attached hydrogens (tertiary/aromatic N) is 1. The van der Waals surface area contributed by atoms with Gasteiger partial charge >= 0.3 is 0 Å². The summed E-state index contributed by atoms with van der Waals surface area (Å²) in [4.78, 5) is 2.15. The highest BCUT2D eigenvalue weighted by molar-refractivity contribution is 6.19. The van der Waals surface area contributed by atoms with Crippen LogP contribution in [0.15, 0.2) is 204 Å². The molecule has 11 rings (SSSR count). The lowest BCUT2D eigenvalue weighted by molar-refractivity contribution is 0.660. The van der Waals surface area contributed by atoms with Crippen LogP contribution in [-0.2, 0) is 5.41 Å². The van der Waals surface area contributed by atoms with Crippen LogP contribution < -0.4 is 4.90 Å². The van der Waals surface area contributed by atoms with Gasteiger partial charge in [0.25, 0.3) is 0 Å². The fraction of sp³-hybridized carbons (Fsp3) is 0.0545. The molecule has 1 aliphatic rings. The molecule has 1 heterocycles. The first-order valence-electron chi connectivity index (χ1n) is 25.2. The zero-order valence-electron chi connectivity index (χ0n) is 43.9. The molecular weight excluding hydrogens is 691 g/mol. The predicted octanol–water partition coefficient (Wildman–Crippen LogP) is 15.5. The van der Waals surface area contributed by atoms with Crippen molar-refractivity contribution >= 4 is 49.8 Å². The van der Waals surface area contributed by atoms with Gasteiger partial charge in [0.05, 0.1) is 17.8 Å². The standard InChI is InChI=1S/C55H39NO/c1-55(2)51-20-12-11-18-45(51)46-32-30-43(34-52(46)55)56(41-26-21-37(22-27-41)36-13-5-3-6-14-36)42-28-23-38(24-29-42)40-25-31-47-50-35-49(39-15-7-4-8-16-39)44-17-9-10-19-48(44)54(50)57-53(47)33-40/h3-35H,1-2H3/i4D,7D,8D,9D,10D,15D,16D,17D,19D,25D,31D,33D,35D. The Labute approximate surface area is 351 Å². The van der Waals surface area contributed by atoms with Crippen molar-refractivity contribution in [3.63, 3.8) is 0 Å². The second kappa shape index (κ2) is 13.0. The Hall–Kier alpha value is -7.16. The van der Waals surface area contributed by atoms with Crippen LogP contribution in [0.2, 0.25) is 0 Å². The molecular formula is C55H39NO. The van der Waals surface area contributed by atoms with Crippen molar-refractivity contribution in [1.29, 1.82) is 0 Å². The summed E-state index contributed by atoms with van der Waals surface area (Å²) in [6.45, 7) is 4.47. The fourth-order valence-electron chi connectivity index (χ4n) is 8.26. The van der Waals surface area contributed by atoms with Gasteiger partial charge in [0.2, 0.25) is 0 Å². The highest BCUT2D eigenvalue weighted by Crippen LogP contribution is 2.51. The van der Waals surface area contributed by atoms with Gasteiger partial charge in [0.15, 0.2) is 0 Å². The average Bonchev–Trinajstić information content (AvgIpc) is 3.88. The summed E-state index contributed by atoms with van der Waals surface area (Å²) in [5.41, 5.74) is 8.39. The maximum absolute atomic E-state index is 9.59. The van der Waals surface area contributed by atoms with E-state index in [1.807, 2.05) is 30.3 Å². The van der Waals surface area contributed by atoms with Gasteiger partial charge in [0.1, 0.15) is 11.2 Å². The number of hydrogen-bond donors (Lipinski definition) is 0. The van der Waals surface area contributed by atoms with Crippen LogP contribution in [0.25, 0.3) is 77.2 Å².